The van der Waals surface area contributed by atoms with Crippen molar-refractivity contribution in [2.75, 3.05) is 19.6 Å². The number of nitrogens with zero attached hydrogens (tertiary/aromatic N) is 5. The van der Waals surface area contributed by atoms with Gasteiger partial charge in [-0.2, -0.15) is 5.10 Å². The summed E-state index contributed by atoms with van der Waals surface area (Å²) in [5.74, 6) is 2.08. The van der Waals surface area contributed by atoms with E-state index in [1.807, 2.05) is 30.1 Å². The Bertz CT molecular complexity index is 1030. The highest BCUT2D eigenvalue weighted by molar-refractivity contribution is 5.80. The average Bonchev–Trinajstić information content (AvgIpc) is 3.42. The van der Waals surface area contributed by atoms with Crippen molar-refractivity contribution < 1.29 is 9.13 Å². The van der Waals surface area contributed by atoms with E-state index in [0.717, 1.165) is 37.6 Å². The van der Waals surface area contributed by atoms with Gasteiger partial charge in [0.05, 0.1) is 12.7 Å². The summed E-state index contributed by atoms with van der Waals surface area (Å²) in [6, 6.07) is 9.67. The van der Waals surface area contributed by atoms with Crippen LogP contribution in [-0.4, -0.2) is 45.3 Å². The zero-order valence-electron chi connectivity index (χ0n) is 17.8. The summed E-state index contributed by atoms with van der Waals surface area (Å²) in [6.07, 6.45) is 6.83. The largest absolute Gasteiger partial charge is 0.439 e. The molecule has 1 fully saturated rings. The number of hydrogen-bond donors (Lipinski definition) is 1. The Morgan fingerprint density at radius 3 is 2.87 bits per heavy atom. The first kappa shape index (κ1) is 20.8. The van der Waals surface area contributed by atoms with Crippen molar-refractivity contribution >= 4 is 5.96 Å². The number of aliphatic imine (C=N–C) groups is 1. The number of guanidine groups is 1. The number of nitrogens with one attached hydrogen (secondary N) is 1. The summed E-state index contributed by atoms with van der Waals surface area (Å²) in [5.41, 5.74) is 2.27. The van der Waals surface area contributed by atoms with Crippen molar-refractivity contribution in [1.82, 2.24) is 25.0 Å². The molecular weight excluding hydrogens is 395 g/mol. The molecule has 0 saturated carbocycles. The van der Waals surface area contributed by atoms with Crippen molar-refractivity contribution in [1.29, 1.82) is 0 Å². The molecule has 31 heavy (non-hydrogen) atoms. The summed E-state index contributed by atoms with van der Waals surface area (Å²) < 4.78 is 20.7. The van der Waals surface area contributed by atoms with Gasteiger partial charge in [-0.05, 0) is 54.8 Å². The SMILES string of the molecule is CCNC(=NCc1ccnc(Oc2ccc(F)cc2)c1)N1CCC(c2cnn(C)c2)C1. The molecule has 1 aliphatic heterocycles. The molecule has 1 aromatic carbocycles. The van der Waals surface area contributed by atoms with Crippen molar-refractivity contribution in [2.24, 2.45) is 12.0 Å². The van der Waals surface area contributed by atoms with Crippen LogP contribution in [0.2, 0.25) is 0 Å². The first-order valence-electron chi connectivity index (χ1n) is 10.5. The van der Waals surface area contributed by atoms with Gasteiger partial charge in [-0.15, -0.1) is 0 Å². The van der Waals surface area contributed by atoms with Gasteiger partial charge in [0.2, 0.25) is 5.88 Å². The van der Waals surface area contributed by atoms with E-state index in [1.54, 1.807) is 18.3 Å². The molecule has 1 atom stereocenters. The molecule has 3 heterocycles. The van der Waals surface area contributed by atoms with Gasteiger partial charge in [-0.25, -0.2) is 14.4 Å². The van der Waals surface area contributed by atoms with Crippen LogP contribution >= 0.6 is 0 Å². The van der Waals surface area contributed by atoms with Gasteiger partial charge >= 0.3 is 0 Å². The van der Waals surface area contributed by atoms with E-state index in [1.165, 1.54) is 17.7 Å². The molecule has 0 aliphatic carbocycles. The number of aromatic nitrogens is 3. The third-order valence-corrected chi connectivity index (χ3v) is 5.27. The fourth-order valence-corrected chi connectivity index (χ4v) is 3.70. The standard InChI is InChI=1S/C23H27FN6O/c1-3-25-23(30-11-9-18(16-30)19-14-28-29(2)15-19)27-13-17-8-10-26-22(12-17)31-21-6-4-20(24)5-7-21/h4-8,10,12,14-15,18H,3,9,11,13,16H2,1-2H3,(H,25,27). The number of pyridine rings is 1. The van der Waals surface area contributed by atoms with Crippen LogP contribution in [0.15, 0.2) is 60.0 Å². The normalized spacial score (nSPS) is 16.5. The minimum Gasteiger partial charge on any atom is -0.439 e. The van der Waals surface area contributed by atoms with Crippen molar-refractivity contribution in [2.45, 2.75) is 25.8 Å². The molecule has 1 saturated heterocycles. The predicted octanol–water partition coefficient (Wildman–Crippen LogP) is 3.70. The van der Waals surface area contributed by atoms with Crippen LogP contribution in [0.1, 0.15) is 30.4 Å². The second kappa shape index (κ2) is 9.59. The fourth-order valence-electron chi connectivity index (χ4n) is 3.70. The van der Waals surface area contributed by atoms with E-state index in [-0.39, 0.29) is 5.82 Å². The van der Waals surface area contributed by atoms with Crippen molar-refractivity contribution in [3.05, 3.63) is 71.9 Å². The Hall–Kier alpha value is -3.42. The molecule has 0 bridgehead atoms. The summed E-state index contributed by atoms with van der Waals surface area (Å²) in [5, 5.41) is 7.71. The third kappa shape index (κ3) is 5.39. The van der Waals surface area contributed by atoms with E-state index in [2.05, 4.69) is 33.4 Å². The highest BCUT2D eigenvalue weighted by Crippen LogP contribution is 2.27. The van der Waals surface area contributed by atoms with Crippen LogP contribution < -0.4 is 10.1 Å². The Morgan fingerprint density at radius 2 is 2.13 bits per heavy atom. The Morgan fingerprint density at radius 1 is 1.29 bits per heavy atom. The van der Waals surface area contributed by atoms with Crippen LogP contribution in [0.25, 0.3) is 0 Å². The number of aryl methyl sites for hydroxylation is 1. The number of likely N-dealkylation sites (tertiary alicyclic amines) is 1. The van der Waals surface area contributed by atoms with Crippen LogP contribution in [-0.2, 0) is 13.6 Å². The number of benzene rings is 1. The lowest BCUT2D eigenvalue weighted by Crippen LogP contribution is -2.40. The van der Waals surface area contributed by atoms with E-state index >= 15 is 0 Å². The number of halogens is 1. The van der Waals surface area contributed by atoms with Crippen LogP contribution in [0.5, 0.6) is 11.6 Å². The third-order valence-electron chi connectivity index (χ3n) is 5.27. The lowest BCUT2D eigenvalue weighted by atomic mass is 10.0. The summed E-state index contributed by atoms with van der Waals surface area (Å²) in [7, 11) is 1.95. The molecular formula is C23H27FN6O. The van der Waals surface area contributed by atoms with E-state index in [4.69, 9.17) is 9.73 Å². The molecule has 0 spiro atoms. The molecule has 2 aromatic heterocycles. The summed E-state index contributed by atoms with van der Waals surface area (Å²) >= 11 is 0. The van der Waals surface area contributed by atoms with Crippen LogP contribution in [0.4, 0.5) is 4.39 Å². The molecule has 1 aliphatic rings. The van der Waals surface area contributed by atoms with Gasteiger partial charge in [-0.3, -0.25) is 4.68 Å². The second-order valence-electron chi connectivity index (χ2n) is 7.61. The second-order valence-corrected chi connectivity index (χ2v) is 7.61. The number of hydrogen-bond acceptors (Lipinski definition) is 4. The van der Waals surface area contributed by atoms with E-state index in [9.17, 15) is 4.39 Å². The fraction of sp³-hybridized carbons (Fsp3) is 0.348. The molecule has 0 radical (unpaired) electrons. The number of rotatable bonds is 6. The van der Waals surface area contributed by atoms with Crippen molar-refractivity contribution in [3.8, 4) is 11.6 Å². The van der Waals surface area contributed by atoms with Gasteiger partial charge in [0.15, 0.2) is 5.96 Å². The highest BCUT2D eigenvalue weighted by atomic mass is 19.1. The Kier molecular flexibility index (Phi) is 6.45. The minimum atomic E-state index is -0.299. The Balaban J connectivity index is 1.42. The maximum Gasteiger partial charge on any atom is 0.219 e. The predicted molar refractivity (Wildman–Crippen MR) is 118 cm³/mol. The average molecular weight is 423 g/mol. The maximum atomic E-state index is 13.1. The summed E-state index contributed by atoms with van der Waals surface area (Å²) in [6.45, 7) is 5.28. The molecule has 8 heteroatoms. The first-order chi connectivity index (χ1) is 15.1. The van der Waals surface area contributed by atoms with Gasteiger partial charge in [-0.1, -0.05) is 0 Å². The van der Waals surface area contributed by atoms with Crippen LogP contribution in [0.3, 0.4) is 0 Å². The molecule has 3 aromatic rings. The maximum absolute atomic E-state index is 13.1. The summed E-state index contributed by atoms with van der Waals surface area (Å²) in [4.78, 5) is 11.4. The lowest BCUT2D eigenvalue weighted by Gasteiger charge is -2.21. The Labute approximate surface area is 181 Å². The van der Waals surface area contributed by atoms with Gasteiger partial charge in [0.25, 0.3) is 0 Å². The molecule has 7 nitrogen and oxygen atoms in total. The molecule has 1 unspecified atom stereocenters. The van der Waals surface area contributed by atoms with E-state index < -0.39 is 0 Å². The van der Waals surface area contributed by atoms with Crippen LogP contribution in [0, 0.1) is 5.82 Å². The minimum absolute atomic E-state index is 0.299. The van der Waals surface area contributed by atoms with Gasteiger partial charge in [0.1, 0.15) is 11.6 Å². The highest BCUT2D eigenvalue weighted by Gasteiger charge is 2.26. The topological polar surface area (TPSA) is 67.6 Å². The molecule has 0 amide bonds. The zero-order chi connectivity index (χ0) is 21.6. The smallest absolute Gasteiger partial charge is 0.219 e. The van der Waals surface area contributed by atoms with Crippen molar-refractivity contribution in [3.63, 3.8) is 0 Å². The number of ether oxygens (including phenoxy) is 1. The van der Waals surface area contributed by atoms with Gasteiger partial charge in [0, 0.05) is 51.1 Å². The molecule has 162 valence electrons. The quantitative estimate of drug-likeness (QED) is 0.485. The zero-order valence-corrected chi connectivity index (χ0v) is 17.8. The lowest BCUT2D eigenvalue weighted by molar-refractivity contribution is 0.460. The molecule has 1 N–H and O–H groups in total. The first-order valence-corrected chi connectivity index (χ1v) is 10.5. The van der Waals surface area contributed by atoms with Gasteiger partial charge < -0.3 is 15.0 Å². The van der Waals surface area contributed by atoms with E-state index in [0.29, 0.717) is 24.1 Å². The molecule has 4 rings (SSSR count). The monoisotopic (exact) mass is 422 g/mol.